The number of pyridine rings is 1. The van der Waals surface area contributed by atoms with Gasteiger partial charge in [-0.2, -0.15) is 0 Å². The maximum atomic E-state index is 13.0. The fourth-order valence-corrected chi connectivity index (χ4v) is 0.904. The molecule has 0 bridgehead atoms. The Labute approximate surface area is 70.9 Å². The summed E-state index contributed by atoms with van der Waals surface area (Å²) in [4.78, 5) is 3.63. The predicted molar refractivity (Wildman–Crippen MR) is 45.9 cm³/mol. The Morgan fingerprint density at radius 3 is 2.92 bits per heavy atom. The first-order valence-corrected chi connectivity index (χ1v) is 3.63. The van der Waals surface area contributed by atoms with Crippen LogP contribution in [0.2, 0.25) is 0 Å². The van der Waals surface area contributed by atoms with Crippen molar-refractivity contribution in [1.82, 2.24) is 4.98 Å². The van der Waals surface area contributed by atoms with Gasteiger partial charge in [-0.25, -0.2) is 4.39 Å². The first kappa shape index (κ1) is 8.87. The second-order valence-corrected chi connectivity index (χ2v) is 2.72. The molecule has 1 aromatic rings. The molecule has 3 heteroatoms. The summed E-state index contributed by atoms with van der Waals surface area (Å²) < 4.78 is 13.0. The molecule has 0 aliphatic heterocycles. The average molecular weight is 166 g/mol. The van der Waals surface area contributed by atoms with E-state index < -0.39 is 6.04 Å². The average Bonchev–Trinajstić information content (AvgIpc) is 2.04. The molecule has 1 rings (SSSR count). The number of rotatable bonds is 2. The zero-order chi connectivity index (χ0) is 9.14. The van der Waals surface area contributed by atoms with Crippen LogP contribution in [-0.2, 0) is 0 Å². The lowest BCUT2D eigenvalue weighted by molar-refractivity contribution is 0.592. The molecule has 2 nitrogen and oxygen atoms in total. The number of nitrogens with zero attached hydrogens (tertiary/aromatic N) is 1. The molecule has 1 heterocycles. The van der Waals surface area contributed by atoms with Crippen LogP contribution in [0.15, 0.2) is 30.6 Å². The van der Waals surface area contributed by atoms with Crippen molar-refractivity contribution >= 4 is 0 Å². The van der Waals surface area contributed by atoms with Crippen LogP contribution in [0.1, 0.15) is 18.5 Å². The predicted octanol–water partition coefficient (Wildman–Crippen LogP) is 1.80. The minimum absolute atomic E-state index is 0.381. The van der Waals surface area contributed by atoms with E-state index in [9.17, 15) is 4.39 Å². The smallest absolute Gasteiger partial charge is 0.146 e. The Balaban J connectivity index is 3.02. The van der Waals surface area contributed by atoms with Crippen LogP contribution in [-0.4, -0.2) is 4.98 Å². The lowest BCUT2D eigenvalue weighted by atomic mass is 10.0. The Morgan fingerprint density at radius 1 is 1.75 bits per heavy atom. The van der Waals surface area contributed by atoms with Crippen molar-refractivity contribution in [2.45, 2.75) is 13.0 Å². The first-order chi connectivity index (χ1) is 5.63. The molecule has 1 aromatic heterocycles. The summed E-state index contributed by atoms with van der Waals surface area (Å²) in [5, 5.41) is 0. The van der Waals surface area contributed by atoms with E-state index in [1.165, 1.54) is 6.20 Å². The SMILES string of the molecule is C=C(C)C(N)c1ccncc1F. The summed E-state index contributed by atoms with van der Waals surface area (Å²) in [5.74, 6) is -0.381. The summed E-state index contributed by atoms with van der Waals surface area (Å²) in [6.07, 6.45) is 2.67. The molecule has 64 valence electrons. The van der Waals surface area contributed by atoms with E-state index in [0.29, 0.717) is 5.56 Å². The third-order valence-corrected chi connectivity index (χ3v) is 1.67. The Kier molecular flexibility index (Phi) is 2.55. The monoisotopic (exact) mass is 166 g/mol. The summed E-state index contributed by atoms with van der Waals surface area (Å²) in [6, 6.07) is 1.13. The van der Waals surface area contributed by atoms with E-state index in [1.54, 1.807) is 13.0 Å². The molecule has 2 N–H and O–H groups in total. The second kappa shape index (κ2) is 3.45. The molecule has 1 unspecified atom stereocenters. The first-order valence-electron chi connectivity index (χ1n) is 3.63. The molecule has 12 heavy (non-hydrogen) atoms. The van der Waals surface area contributed by atoms with Crippen molar-refractivity contribution < 1.29 is 4.39 Å². The van der Waals surface area contributed by atoms with Crippen LogP contribution in [0.25, 0.3) is 0 Å². The van der Waals surface area contributed by atoms with Crippen molar-refractivity contribution in [2.24, 2.45) is 5.73 Å². The molecule has 0 radical (unpaired) electrons. The Bertz CT molecular complexity index is 296. The molecular weight excluding hydrogens is 155 g/mol. The lowest BCUT2D eigenvalue weighted by Gasteiger charge is -2.11. The molecule has 0 spiro atoms. The van der Waals surface area contributed by atoms with Crippen molar-refractivity contribution in [2.75, 3.05) is 0 Å². The third-order valence-electron chi connectivity index (χ3n) is 1.67. The normalized spacial score (nSPS) is 12.6. The highest BCUT2D eigenvalue weighted by Crippen LogP contribution is 2.18. The molecule has 1 atom stereocenters. The highest BCUT2D eigenvalue weighted by Gasteiger charge is 2.10. The second-order valence-electron chi connectivity index (χ2n) is 2.72. The van der Waals surface area contributed by atoms with Crippen LogP contribution >= 0.6 is 0 Å². The fourth-order valence-electron chi connectivity index (χ4n) is 0.904. The molecule has 0 fully saturated rings. The van der Waals surface area contributed by atoms with Gasteiger partial charge in [-0.05, 0) is 13.0 Å². The van der Waals surface area contributed by atoms with Gasteiger partial charge in [0, 0.05) is 11.8 Å². The van der Waals surface area contributed by atoms with Crippen LogP contribution in [0.3, 0.4) is 0 Å². The highest BCUT2D eigenvalue weighted by atomic mass is 19.1. The van der Waals surface area contributed by atoms with Crippen molar-refractivity contribution in [1.29, 1.82) is 0 Å². The number of hydrogen-bond acceptors (Lipinski definition) is 2. The van der Waals surface area contributed by atoms with Crippen molar-refractivity contribution in [3.05, 3.63) is 42.0 Å². The van der Waals surface area contributed by atoms with Gasteiger partial charge >= 0.3 is 0 Å². The standard InChI is InChI=1S/C9H11FN2/c1-6(2)9(11)7-3-4-12-5-8(7)10/h3-5,9H,1,11H2,2H3. The molecule has 0 saturated carbocycles. The minimum atomic E-state index is -0.437. The largest absolute Gasteiger partial charge is 0.320 e. The Morgan fingerprint density at radius 2 is 2.42 bits per heavy atom. The van der Waals surface area contributed by atoms with Crippen molar-refractivity contribution in [3.8, 4) is 0 Å². The molecule has 0 saturated heterocycles. The van der Waals surface area contributed by atoms with Gasteiger partial charge in [0.2, 0.25) is 0 Å². The van der Waals surface area contributed by atoms with Crippen LogP contribution in [0.4, 0.5) is 4.39 Å². The number of aromatic nitrogens is 1. The zero-order valence-electron chi connectivity index (χ0n) is 6.92. The molecular formula is C9H11FN2. The number of nitrogens with two attached hydrogens (primary N) is 1. The van der Waals surface area contributed by atoms with Gasteiger partial charge in [0.15, 0.2) is 0 Å². The van der Waals surface area contributed by atoms with Gasteiger partial charge in [-0.3, -0.25) is 4.98 Å². The van der Waals surface area contributed by atoms with E-state index in [-0.39, 0.29) is 5.82 Å². The molecule has 0 amide bonds. The van der Waals surface area contributed by atoms with E-state index in [1.807, 2.05) is 0 Å². The van der Waals surface area contributed by atoms with E-state index >= 15 is 0 Å². The van der Waals surface area contributed by atoms with Gasteiger partial charge in [-0.15, -0.1) is 0 Å². The summed E-state index contributed by atoms with van der Waals surface area (Å²) in [5.41, 5.74) is 6.85. The minimum Gasteiger partial charge on any atom is -0.320 e. The zero-order valence-corrected chi connectivity index (χ0v) is 6.92. The van der Waals surface area contributed by atoms with E-state index in [0.717, 1.165) is 11.8 Å². The summed E-state index contributed by atoms with van der Waals surface area (Å²) in [7, 11) is 0. The quantitative estimate of drug-likeness (QED) is 0.680. The molecule has 0 aromatic carbocycles. The van der Waals surface area contributed by atoms with Crippen molar-refractivity contribution in [3.63, 3.8) is 0 Å². The van der Waals surface area contributed by atoms with Crippen LogP contribution < -0.4 is 5.73 Å². The maximum absolute atomic E-state index is 13.0. The van der Waals surface area contributed by atoms with Gasteiger partial charge in [0.05, 0.1) is 12.2 Å². The van der Waals surface area contributed by atoms with Crippen LogP contribution in [0.5, 0.6) is 0 Å². The summed E-state index contributed by atoms with van der Waals surface area (Å²) in [6.45, 7) is 5.43. The van der Waals surface area contributed by atoms with Gasteiger partial charge in [0.25, 0.3) is 0 Å². The highest BCUT2D eigenvalue weighted by molar-refractivity contribution is 5.24. The topological polar surface area (TPSA) is 38.9 Å². The fraction of sp³-hybridized carbons (Fsp3) is 0.222. The van der Waals surface area contributed by atoms with E-state index in [2.05, 4.69) is 11.6 Å². The van der Waals surface area contributed by atoms with Crippen LogP contribution in [0, 0.1) is 5.82 Å². The molecule has 0 aliphatic carbocycles. The number of hydrogen-bond donors (Lipinski definition) is 1. The third kappa shape index (κ3) is 1.68. The maximum Gasteiger partial charge on any atom is 0.146 e. The molecule has 0 aliphatic rings. The lowest BCUT2D eigenvalue weighted by Crippen LogP contribution is -2.12. The Hall–Kier alpha value is -1.22. The van der Waals surface area contributed by atoms with Gasteiger partial charge in [-0.1, -0.05) is 12.2 Å². The van der Waals surface area contributed by atoms with Gasteiger partial charge < -0.3 is 5.73 Å². The summed E-state index contributed by atoms with van der Waals surface area (Å²) >= 11 is 0. The van der Waals surface area contributed by atoms with Gasteiger partial charge in [0.1, 0.15) is 5.82 Å². The van der Waals surface area contributed by atoms with E-state index in [4.69, 9.17) is 5.73 Å². The number of halogens is 1.